The van der Waals surface area contributed by atoms with Crippen LogP contribution in [0.2, 0.25) is 0 Å². The molecule has 0 bridgehead atoms. The number of thiazole rings is 1. The number of hydrogen-bond acceptors (Lipinski definition) is 5. The maximum atomic E-state index is 12.3. The number of hydrogen-bond donors (Lipinski definition) is 1. The molecule has 128 valence electrons. The van der Waals surface area contributed by atoms with Crippen LogP contribution in [0.1, 0.15) is 30.7 Å². The average molecular weight is 338 g/mol. The second kappa shape index (κ2) is 8.08. The molecule has 0 aromatic carbocycles. The molecule has 1 aromatic heterocycles. The highest BCUT2D eigenvalue weighted by atomic mass is 32.1. The molecule has 2 saturated heterocycles. The fraction of sp³-hybridized carbons (Fsp3) is 0.750. The number of ether oxygens (including phenoxy) is 1. The number of likely N-dealkylation sites (tertiary alicyclic amines) is 1. The summed E-state index contributed by atoms with van der Waals surface area (Å²) in [6, 6.07) is 0.278. The SMILES string of the molecule is CN(Cc1nccs1)C(=O)NC1CCN(C[C@@H]2CCCO2)CC1. The van der Waals surface area contributed by atoms with E-state index in [1.54, 1.807) is 22.4 Å². The molecular formula is C16H26N4O2S. The predicted octanol–water partition coefficient (Wildman–Crippen LogP) is 1.93. The summed E-state index contributed by atoms with van der Waals surface area (Å²) in [5.74, 6) is 0. The monoisotopic (exact) mass is 338 g/mol. The summed E-state index contributed by atoms with van der Waals surface area (Å²) in [7, 11) is 1.82. The van der Waals surface area contributed by atoms with Crippen LogP contribution in [0.25, 0.3) is 0 Å². The van der Waals surface area contributed by atoms with Gasteiger partial charge < -0.3 is 19.9 Å². The van der Waals surface area contributed by atoms with E-state index < -0.39 is 0 Å². The maximum absolute atomic E-state index is 12.3. The maximum Gasteiger partial charge on any atom is 0.317 e. The Kier molecular flexibility index (Phi) is 5.85. The van der Waals surface area contributed by atoms with Crippen molar-refractivity contribution in [2.75, 3.05) is 33.3 Å². The second-order valence-corrected chi connectivity index (χ2v) is 7.42. The van der Waals surface area contributed by atoms with Gasteiger partial charge in [-0.15, -0.1) is 11.3 Å². The first-order valence-electron chi connectivity index (χ1n) is 8.44. The van der Waals surface area contributed by atoms with Crippen molar-refractivity contribution in [3.8, 4) is 0 Å². The van der Waals surface area contributed by atoms with Gasteiger partial charge in [0.2, 0.25) is 0 Å². The number of rotatable bonds is 5. The molecule has 2 aliphatic heterocycles. The third-order valence-electron chi connectivity index (χ3n) is 4.60. The van der Waals surface area contributed by atoms with E-state index in [0.717, 1.165) is 44.1 Å². The van der Waals surface area contributed by atoms with Crippen molar-refractivity contribution in [2.45, 2.75) is 44.4 Å². The van der Waals surface area contributed by atoms with Crippen molar-refractivity contribution >= 4 is 17.4 Å². The minimum absolute atomic E-state index is 0.00206. The van der Waals surface area contributed by atoms with Gasteiger partial charge >= 0.3 is 6.03 Å². The van der Waals surface area contributed by atoms with Crippen LogP contribution in [-0.2, 0) is 11.3 Å². The Morgan fingerprint density at radius 3 is 2.96 bits per heavy atom. The van der Waals surface area contributed by atoms with Gasteiger partial charge in [0.05, 0.1) is 12.6 Å². The Hall–Kier alpha value is -1.18. The van der Waals surface area contributed by atoms with Gasteiger partial charge in [-0.25, -0.2) is 9.78 Å². The fourth-order valence-corrected chi connectivity index (χ4v) is 3.90. The van der Waals surface area contributed by atoms with E-state index >= 15 is 0 Å². The Morgan fingerprint density at radius 2 is 2.30 bits per heavy atom. The van der Waals surface area contributed by atoms with Gasteiger partial charge in [-0.1, -0.05) is 0 Å². The molecule has 0 spiro atoms. The van der Waals surface area contributed by atoms with Crippen molar-refractivity contribution < 1.29 is 9.53 Å². The summed E-state index contributed by atoms with van der Waals surface area (Å²) in [6.45, 7) is 4.62. The first kappa shape index (κ1) is 16.7. The highest BCUT2D eigenvalue weighted by Gasteiger charge is 2.25. The van der Waals surface area contributed by atoms with Crippen LogP contribution < -0.4 is 5.32 Å². The van der Waals surface area contributed by atoms with Crippen molar-refractivity contribution in [1.82, 2.24) is 20.1 Å². The van der Waals surface area contributed by atoms with E-state index in [1.165, 1.54) is 12.8 Å². The highest BCUT2D eigenvalue weighted by Crippen LogP contribution is 2.17. The molecule has 1 N–H and O–H groups in total. The van der Waals surface area contributed by atoms with Gasteiger partial charge in [0.1, 0.15) is 5.01 Å². The number of carbonyl (C=O) groups excluding carboxylic acids is 1. The molecular weight excluding hydrogens is 312 g/mol. The smallest absolute Gasteiger partial charge is 0.317 e. The van der Waals surface area contributed by atoms with Crippen molar-refractivity contribution in [3.63, 3.8) is 0 Å². The standard InChI is InChI=1S/C16H26N4O2S/c1-19(12-15-17-6-10-23-15)16(21)18-13-4-7-20(8-5-13)11-14-3-2-9-22-14/h6,10,13-14H,2-5,7-9,11-12H2,1H3,(H,18,21)/t14-/m0/s1. The van der Waals surface area contributed by atoms with E-state index in [-0.39, 0.29) is 12.1 Å². The molecule has 7 heteroatoms. The lowest BCUT2D eigenvalue weighted by atomic mass is 10.0. The lowest BCUT2D eigenvalue weighted by molar-refractivity contribution is 0.0629. The molecule has 3 rings (SSSR count). The fourth-order valence-electron chi connectivity index (χ4n) is 3.23. The summed E-state index contributed by atoms with van der Waals surface area (Å²) < 4.78 is 5.71. The topological polar surface area (TPSA) is 57.7 Å². The zero-order valence-corrected chi connectivity index (χ0v) is 14.6. The third-order valence-corrected chi connectivity index (χ3v) is 5.37. The molecule has 1 aromatic rings. The van der Waals surface area contributed by atoms with Crippen LogP contribution in [0.15, 0.2) is 11.6 Å². The van der Waals surface area contributed by atoms with Crippen molar-refractivity contribution in [2.24, 2.45) is 0 Å². The zero-order valence-electron chi connectivity index (χ0n) is 13.7. The Labute approximate surface area is 141 Å². The first-order chi connectivity index (χ1) is 11.2. The summed E-state index contributed by atoms with van der Waals surface area (Å²) in [6.07, 6.45) is 6.62. The van der Waals surface area contributed by atoms with Crippen molar-refractivity contribution in [1.29, 1.82) is 0 Å². The van der Waals surface area contributed by atoms with E-state index in [1.807, 2.05) is 12.4 Å². The minimum Gasteiger partial charge on any atom is -0.377 e. The molecule has 3 heterocycles. The lowest BCUT2D eigenvalue weighted by Gasteiger charge is -2.34. The number of piperidine rings is 1. The van der Waals surface area contributed by atoms with E-state index in [2.05, 4.69) is 15.2 Å². The second-order valence-electron chi connectivity index (χ2n) is 6.44. The summed E-state index contributed by atoms with van der Waals surface area (Å²) in [4.78, 5) is 20.7. The molecule has 0 saturated carbocycles. The number of nitrogens with one attached hydrogen (secondary N) is 1. The van der Waals surface area contributed by atoms with Crippen LogP contribution in [0.4, 0.5) is 4.79 Å². The predicted molar refractivity (Wildman–Crippen MR) is 90.5 cm³/mol. The number of nitrogens with zero attached hydrogens (tertiary/aromatic N) is 3. The minimum atomic E-state index is -0.00206. The van der Waals surface area contributed by atoms with Gasteiger partial charge in [0.25, 0.3) is 0 Å². The van der Waals surface area contributed by atoms with E-state index in [4.69, 9.17) is 4.74 Å². The summed E-state index contributed by atoms with van der Waals surface area (Å²) in [5.41, 5.74) is 0. The van der Waals surface area contributed by atoms with Gasteiger partial charge in [-0.2, -0.15) is 0 Å². The molecule has 0 unspecified atom stereocenters. The van der Waals surface area contributed by atoms with Crippen molar-refractivity contribution in [3.05, 3.63) is 16.6 Å². The Balaban J connectivity index is 1.36. The van der Waals surface area contributed by atoms with Gasteiger partial charge in [-0.3, -0.25) is 0 Å². The third kappa shape index (κ3) is 4.89. The highest BCUT2D eigenvalue weighted by molar-refractivity contribution is 7.09. The number of carbonyl (C=O) groups is 1. The van der Waals surface area contributed by atoms with E-state index in [0.29, 0.717) is 12.6 Å². The molecule has 6 nitrogen and oxygen atoms in total. The largest absolute Gasteiger partial charge is 0.377 e. The number of urea groups is 1. The molecule has 2 amide bonds. The molecule has 1 atom stereocenters. The Bertz CT molecular complexity index is 482. The van der Waals surface area contributed by atoms with Gasteiger partial charge in [0, 0.05) is 50.9 Å². The Morgan fingerprint density at radius 1 is 1.48 bits per heavy atom. The first-order valence-corrected chi connectivity index (χ1v) is 9.32. The number of amides is 2. The molecule has 0 aliphatic carbocycles. The normalized spacial score (nSPS) is 23.1. The zero-order chi connectivity index (χ0) is 16.1. The van der Waals surface area contributed by atoms with Crippen LogP contribution in [0.3, 0.4) is 0 Å². The molecule has 0 radical (unpaired) electrons. The molecule has 2 aliphatic rings. The van der Waals surface area contributed by atoms with E-state index in [9.17, 15) is 4.79 Å². The van der Waals surface area contributed by atoms with Gasteiger partial charge in [-0.05, 0) is 25.7 Å². The lowest BCUT2D eigenvalue weighted by Crippen LogP contribution is -2.49. The quantitative estimate of drug-likeness (QED) is 0.891. The average Bonchev–Trinajstić information content (AvgIpc) is 3.23. The van der Waals surface area contributed by atoms with Crippen LogP contribution in [0, 0.1) is 0 Å². The van der Waals surface area contributed by atoms with Crippen LogP contribution >= 0.6 is 11.3 Å². The van der Waals surface area contributed by atoms with Crippen LogP contribution in [-0.4, -0.2) is 66.2 Å². The molecule has 23 heavy (non-hydrogen) atoms. The van der Waals surface area contributed by atoms with Gasteiger partial charge in [0.15, 0.2) is 0 Å². The number of aromatic nitrogens is 1. The molecule has 2 fully saturated rings. The van der Waals surface area contributed by atoms with Crippen LogP contribution in [0.5, 0.6) is 0 Å². The summed E-state index contributed by atoms with van der Waals surface area (Å²) in [5, 5.41) is 6.05. The summed E-state index contributed by atoms with van der Waals surface area (Å²) >= 11 is 1.58.